The molecule has 2 aromatic carbocycles. The summed E-state index contributed by atoms with van der Waals surface area (Å²) in [5.41, 5.74) is 0.727. The summed E-state index contributed by atoms with van der Waals surface area (Å²) in [7, 11) is 1.73. The van der Waals surface area contributed by atoms with Crippen LogP contribution < -0.4 is 0 Å². The summed E-state index contributed by atoms with van der Waals surface area (Å²) in [6, 6.07) is 17.0. The Morgan fingerprint density at radius 1 is 1.08 bits per heavy atom. The summed E-state index contributed by atoms with van der Waals surface area (Å²) in [4.78, 5) is 27.6. The van der Waals surface area contributed by atoms with Gasteiger partial charge in [0.05, 0.1) is 6.42 Å². The van der Waals surface area contributed by atoms with E-state index >= 15 is 0 Å². The number of carbonyl (C=O) groups is 2. The van der Waals surface area contributed by atoms with Crippen molar-refractivity contribution in [3.63, 3.8) is 0 Å². The van der Waals surface area contributed by atoms with Crippen LogP contribution in [0.4, 0.5) is 0 Å². The first kappa shape index (κ1) is 17.7. The van der Waals surface area contributed by atoms with Crippen LogP contribution in [-0.2, 0) is 21.5 Å². The van der Waals surface area contributed by atoms with Gasteiger partial charge in [0.25, 0.3) is 0 Å². The maximum Gasteiger partial charge on any atom is 0.227 e. The monoisotopic (exact) mass is 355 g/mol. The van der Waals surface area contributed by atoms with Gasteiger partial charge in [-0.25, -0.2) is 0 Å². The number of benzene rings is 2. The maximum absolute atomic E-state index is 13.0. The summed E-state index contributed by atoms with van der Waals surface area (Å²) in [5.74, 6) is 0.0112. The minimum absolute atomic E-state index is 0.0682. The Labute approximate surface area is 153 Å². The minimum atomic E-state index is -0.956. The van der Waals surface area contributed by atoms with Crippen LogP contribution in [0.5, 0.6) is 0 Å². The predicted molar refractivity (Wildman–Crippen MR) is 99.5 cm³/mol. The molecular weight excluding hydrogens is 334 g/mol. The number of hydrogen-bond donors (Lipinski definition) is 0. The van der Waals surface area contributed by atoms with Crippen molar-refractivity contribution >= 4 is 23.3 Å². The molecule has 1 amide bonds. The van der Waals surface area contributed by atoms with Gasteiger partial charge in [-0.1, -0.05) is 60.1 Å². The SMILES string of the molecule is CN(C(=O)Cc1ccccc1)C1(c2ccccc2Cl)CCCCC1=O. The van der Waals surface area contributed by atoms with Gasteiger partial charge in [-0.15, -0.1) is 0 Å². The molecule has 1 unspecified atom stereocenters. The van der Waals surface area contributed by atoms with Crippen LogP contribution in [0.25, 0.3) is 0 Å². The van der Waals surface area contributed by atoms with Gasteiger partial charge in [0.1, 0.15) is 5.54 Å². The molecule has 1 aliphatic carbocycles. The van der Waals surface area contributed by atoms with Gasteiger partial charge < -0.3 is 4.90 Å². The van der Waals surface area contributed by atoms with Crippen molar-refractivity contribution in [1.29, 1.82) is 0 Å². The lowest BCUT2D eigenvalue weighted by atomic mass is 9.74. The van der Waals surface area contributed by atoms with E-state index in [1.807, 2.05) is 48.5 Å². The zero-order chi connectivity index (χ0) is 17.9. The molecule has 1 fully saturated rings. The Hall–Kier alpha value is -2.13. The number of likely N-dealkylation sites (N-methyl/N-ethyl adjacent to an activating group) is 1. The molecule has 1 atom stereocenters. The quantitative estimate of drug-likeness (QED) is 0.816. The average molecular weight is 356 g/mol. The van der Waals surface area contributed by atoms with Gasteiger partial charge in [0.2, 0.25) is 5.91 Å². The van der Waals surface area contributed by atoms with E-state index in [2.05, 4.69) is 0 Å². The van der Waals surface area contributed by atoms with Crippen LogP contribution in [0.1, 0.15) is 36.8 Å². The lowest BCUT2D eigenvalue weighted by Crippen LogP contribution is -2.54. The predicted octanol–water partition coefficient (Wildman–Crippen LogP) is 4.38. The van der Waals surface area contributed by atoms with Crippen molar-refractivity contribution in [3.05, 3.63) is 70.7 Å². The Kier molecular flexibility index (Phi) is 5.24. The van der Waals surface area contributed by atoms with Gasteiger partial charge >= 0.3 is 0 Å². The van der Waals surface area contributed by atoms with E-state index in [1.165, 1.54) is 0 Å². The molecule has 0 heterocycles. The standard InChI is InChI=1S/C21H22ClNO2/c1-23(20(25)15-16-9-3-2-4-10-16)21(14-8-7-13-19(21)24)17-11-5-6-12-18(17)22/h2-6,9-12H,7-8,13-15H2,1H3. The summed E-state index contributed by atoms with van der Waals surface area (Å²) >= 11 is 6.43. The maximum atomic E-state index is 13.0. The second kappa shape index (κ2) is 7.40. The average Bonchev–Trinajstić information content (AvgIpc) is 2.63. The fraction of sp³-hybridized carbons (Fsp3) is 0.333. The normalized spacial score (nSPS) is 20.3. The van der Waals surface area contributed by atoms with Gasteiger partial charge in [0, 0.05) is 24.1 Å². The number of hydrogen-bond acceptors (Lipinski definition) is 2. The van der Waals surface area contributed by atoms with Crippen LogP contribution in [0, 0.1) is 0 Å². The molecule has 3 nitrogen and oxygen atoms in total. The smallest absolute Gasteiger partial charge is 0.227 e. The largest absolute Gasteiger partial charge is 0.329 e. The molecule has 0 spiro atoms. The summed E-state index contributed by atoms with van der Waals surface area (Å²) < 4.78 is 0. The highest BCUT2D eigenvalue weighted by Crippen LogP contribution is 2.42. The fourth-order valence-electron chi connectivity index (χ4n) is 3.73. The molecule has 130 valence electrons. The van der Waals surface area contributed by atoms with Crippen LogP contribution in [0.3, 0.4) is 0 Å². The molecule has 0 bridgehead atoms. The van der Waals surface area contributed by atoms with E-state index in [1.54, 1.807) is 18.0 Å². The summed E-state index contributed by atoms with van der Waals surface area (Å²) in [6.45, 7) is 0. The number of rotatable bonds is 4. The Bertz CT molecular complexity index is 774. The van der Waals surface area contributed by atoms with E-state index in [0.29, 0.717) is 17.9 Å². The molecule has 2 aromatic rings. The lowest BCUT2D eigenvalue weighted by molar-refractivity contribution is -0.147. The zero-order valence-electron chi connectivity index (χ0n) is 14.4. The van der Waals surface area contributed by atoms with Gasteiger partial charge in [-0.3, -0.25) is 9.59 Å². The van der Waals surface area contributed by atoms with Crippen LogP contribution in [-0.4, -0.2) is 23.6 Å². The van der Waals surface area contributed by atoms with E-state index in [9.17, 15) is 9.59 Å². The lowest BCUT2D eigenvalue weighted by Gasteiger charge is -2.44. The second-order valence-corrected chi connectivity index (χ2v) is 6.99. The number of ketones is 1. The highest BCUT2D eigenvalue weighted by atomic mass is 35.5. The third kappa shape index (κ3) is 3.34. The van der Waals surface area contributed by atoms with E-state index in [0.717, 1.165) is 24.0 Å². The highest BCUT2D eigenvalue weighted by Gasteiger charge is 2.47. The van der Waals surface area contributed by atoms with Gasteiger partial charge in [-0.05, 0) is 30.9 Å². The molecule has 3 rings (SSSR count). The van der Waals surface area contributed by atoms with Crippen LogP contribution in [0.15, 0.2) is 54.6 Å². The summed E-state index contributed by atoms with van der Waals surface area (Å²) in [5, 5.41) is 0.539. The molecule has 0 radical (unpaired) electrons. The molecule has 4 heteroatoms. The van der Waals surface area contributed by atoms with E-state index in [-0.39, 0.29) is 18.1 Å². The van der Waals surface area contributed by atoms with Gasteiger partial charge in [0.15, 0.2) is 5.78 Å². The first-order valence-electron chi connectivity index (χ1n) is 8.64. The molecule has 0 aromatic heterocycles. The Balaban J connectivity index is 1.98. The zero-order valence-corrected chi connectivity index (χ0v) is 15.1. The Morgan fingerprint density at radius 3 is 2.44 bits per heavy atom. The van der Waals surface area contributed by atoms with Gasteiger partial charge in [-0.2, -0.15) is 0 Å². The Morgan fingerprint density at radius 2 is 1.76 bits per heavy atom. The number of nitrogens with zero attached hydrogens (tertiary/aromatic N) is 1. The molecule has 0 aliphatic heterocycles. The van der Waals surface area contributed by atoms with Crippen LogP contribution >= 0.6 is 11.6 Å². The van der Waals surface area contributed by atoms with Crippen molar-refractivity contribution in [3.8, 4) is 0 Å². The molecule has 0 saturated heterocycles. The summed E-state index contributed by atoms with van der Waals surface area (Å²) in [6.07, 6.45) is 3.14. The second-order valence-electron chi connectivity index (χ2n) is 6.59. The minimum Gasteiger partial charge on any atom is -0.329 e. The topological polar surface area (TPSA) is 37.4 Å². The molecule has 1 aliphatic rings. The van der Waals surface area contributed by atoms with Crippen LogP contribution in [0.2, 0.25) is 5.02 Å². The number of carbonyl (C=O) groups excluding carboxylic acids is 2. The number of amides is 1. The molecule has 0 N–H and O–H groups in total. The van der Waals surface area contributed by atoms with E-state index in [4.69, 9.17) is 11.6 Å². The van der Waals surface area contributed by atoms with Crippen molar-refractivity contribution < 1.29 is 9.59 Å². The first-order chi connectivity index (χ1) is 12.1. The number of Topliss-reactive ketones (excluding diaryl/α,β-unsaturated/α-hetero) is 1. The van der Waals surface area contributed by atoms with Crippen molar-refractivity contribution in [2.24, 2.45) is 0 Å². The fourth-order valence-corrected chi connectivity index (χ4v) is 4.02. The number of halogens is 1. The van der Waals surface area contributed by atoms with E-state index < -0.39 is 5.54 Å². The van der Waals surface area contributed by atoms with Crippen molar-refractivity contribution in [2.45, 2.75) is 37.6 Å². The third-order valence-corrected chi connectivity index (χ3v) is 5.45. The highest BCUT2D eigenvalue weighted by molar-refractivity contribution is 6.31. The molecule has 25 heavy (non-hydrogen) atoms. The van der Waals surface area contributed by atoms with Crippen molar-refractivity contribution in [2.75, 3.05) is 7.05 Å². The molecule has 1 saturated carbocycles. The third-order valence-electron chi connectivity index (χ3n) is 5.12. The molecular formula is C21H22ClNO2. The van der Waals surface area contributed by atoms with Crippen molar-refractivity contribution in [1.82, 2.24) is 4.90 Å². The first-order valence-corrected chi connectivity index (χ1v) is 9.02.